The second-order valence-electron chi connectivity index (χ2n) is 9.66. The summed E-state index contributed by atoms with van der Waals surface area (Å²) in [6, 6.07) is 13.4. The van der Waals surface area contributed by atoms with Gasteiger partial charge in [0.25, 0.3) is 0 Å². The number of ether oxygens (including phenoxy) is 3. The van der Waals surface area contributed by atoms with Crippen molar-refractivity contribution in [3.8, 4) is 40.1 Å². The number of esters is 1. The quantitative estimate of drug-likeness (QED) is 0.120. The van der Waals surface area contributed by atoms with Crippen molar-refractivity contribution in [2.75, 3.05) is 6.61 Å². The SMILES string of the molecule is O=C(C=Cc1ccc(O)cc1)OC[C@@H]1O[C@H](Oc2c(-c3ccc(O)cc3)oc3cc(O)cc(O)c3c2=O)[C@@H](O)[C@H](O)[C@H]1O. The van der Waals surface area contributed by atoms with Crippen LogP contribution in [0.15, 0.2) is 76.0 Å². The third-order valence-electron chi connectivity index (χ3n) is 6.64. The molecule has 0 saturated carbocycles. The molecule has 2 heterocycles. The third kappa shape index (κ3) is 6.24. The van der Waals surface area contributed by atoms with Crippen LogP contribution in [0.5, 0.6) is 28.7 Å². The number of aliphatic hydroxyl groups is 3. The smallest absolute Gasteiger partial charge is 0.330 e. The maximum atomic E-state index is 13.5. The monoisotopic (exact) mass is 594 g/mol. The first-order valence-electron chi connectivity index (χ1n) is 12.8. The molecule has 4 aromatic rings. The van der Waals surface area contributed by atoms with Gasteiger partial charge in [-0.15, -0.1) is 0 Å². The standard InChI is InChI=1S/C30H26O13/c31-16-6-1-14(2-7-16)3-10-22(35)40-13-21-24(36)26(38)27(39)30(42-21)43-29-25(37)23-19(34)11-18(33)12-20(23)41-28(29)15-4-8-17(32)9-5-15/h1-12,21,24,26-27,30-34,36,38-39H,13H2/t21-,24-,26+,27-,30+/m0/s1. The molecule has 3 aromatic carbocycles. The van der Waals surface area contributed by atoms with Gasteiger partial charge < -0.3 is 54.4 Å². The van der Waals surface area contributed by atoms with Crippen LogP contribution in [-0.4, -0.2) is 79.0 Å². The van der Waals surface area contributed by atoms with Gasteiger partial charge in [-0.2, -0.15) is 0 Å². The molecule has 0 aliphatic carbocycles. The summed E-state index contributed by atoms with van der Waals surface area (Å²) in [6.45, 7) is -0.583. The van der Waals surface area contributed by atoms with Gasteiger partial charge in [0, 0.05) is 23.8 Å². The average molecular weight is 595 g/mol. The van der Waals surface area contributed by atoms with Gasteiger partial charge in [-0.05, 0) is 48.0 Å². The number of carbonyl (C=O) groups excluding carboxylic acids is 1. The number of carbonyl (C=O) groups is 1. The summed E-state index contributed by atoms with van der Waals surface area (Å²) in [5.74, 6) is -2.70. The summed E-state index contributed by atoms with van der Waals surface area (Å²) in [6.07, 6.45) is -6.17. The average Bonchev–Trinajstić information content (AvgIpc) is 2.97. The van der Waals surface area contributed by atoms with E-state index in [9.17, 15) is 45.3 Å². The van der Waals surface area contributed by atoms with Gasteiger partial charge in [0.1, 0.15) is 65.0 Å². The van der Waals surface area contributed by atoms with Crippen molar-refractivity contribution in [2.24, 2.45) is 0 Å². The number of benzene rings is 3. The van der Waals surface area contributed by atoms with E-state index in [1.165, 1.54) is 42.5 Å². The number of phenols is 4. The van der Waals surface area contributed by atoms with Crippen LogP contribution in [0.3, 0.4) is 0 Å². The first kappa shape index (κ1) is 29.4. The topological polar surface area (TPSA) is 217 Å². The fraction of sp³-hybridized carbons (Fsp3) is 0.200. The van der Waals surface area contributed by atoms with Gasteiger partial charge in [0.05, 0.1) is 0 Å². The Morgan fingerprint density at radius 3 is 2.16 bits per heavy atom. The highest BCUT2D eigenvalue weighted by Crippen LogP contribution is 2.37. The van der Waals surface area contributed by atoms with E-state index >= 15 is 0 Å². The summed E-state index contributed by atoms with van der Waals surface area (Å²) in [5, 5.41) is 70.6. The van der Waals surface area contributed by atoms with E-state index in [2.05, 4.69) is 0 Å². The Labute approximate surface area is 242 Å². The highest BCUT2D eigenvalue weighted by Gasteiger charge is 2.46. The van der Waals surface area contributed by atoms with E-state index < -0.39 is 66.0 Å². The minimum absolute atomic E-state index is 0.0495. The molecule has 1 fully saturated rings. The fourth-order valence-corrected chi connectivity index (χ4v) is 4.41. The zero-order valence-corrected chi connectivity index (χ0v) is 22.1. The summed E-state index contributed by atoms with van der Waals surface area (Å²) >= 11 is 0. The van der Waals surface area contributed by atoms with E-state index in [0.29, 0.717) is 5.56 Å². The van der Waals surface area contributed by atoms with Gasteiger partial charge in [0.2, 0.25) is 17.5 Å². The van der Waals surface area contributed by atoms with E-state index in [-0.39, 0.29) is 33.8 Å². The van der Waals surface area contributed by atoms with Crippen molar-refractivity contribution in [1.82, 2.24) is 0 Å². The molecule has 43 heavy (non-hydrogen) atoms. The Bertz CT molecular complexity index is 1710. The maximum Gasteiger partial charge on any atom is 0.330 e. The molecular formula is C30H26O13. The largest absolute Gasteiger partial charge is 0.508 e. The molecule has 7 N–H and O–H groups in total. The summed E-state index contributed by atoms with van der Waals surface area (Å²) in [7, 11) is 0. The van der Waals surface area contributed by atoms with E-state index in [1.807, 2.05) is 0 Å². The van der Waals surface area contributed by atoms with Crippen LogP contribution < -0.4 is 10.2 Å². The number of fused-ring (bicyclic) bond motifs is 1. The molecule has 13 heteroatoms. The lowest BCUT2D eigenvalue weighted by Crippen LogP contribution is -2.60. The minimum atomic E-state index is -1.90. The summed E-state index contributed by atoms with van der Waals surface area (Å²) in [5.41, 5.74) is -0.328. The number of phenolic OH excluding ortho intramolecular Hbond substituents is 4. The summed E-state index contributed by atoms with van der Waals surface area (Å²) in [4.78, 5) is 25.8. The molecule has 0 radical (unpaired) electrons. The lowest BCUT2D eigenvalue weighted by molar-refractivity contribution is -0.278. The maximum absolute atomic E-state index is 13.5. The molecule has 0 bridgehead atoms. The molecule has 224 valence electrons. The third-order valence-corrected chi connectivity index (χ3v) is 6.64. The Morgan fingerprint density at radius 1 is 0.837 bits per heavy atom. The van der Waals surface area contributed by atoms with Gasteiger partial charge in [0.15, 0.2) is 5.76 Å². The zero-order valence-electron chi connectivity index (χ0n) is 22.1. The highest BCUT2D eigenvalue weighted by molar-refractivity contribution is 5.88. The zero-order chi connectivity index (χ0) is 30.8. The molecule has 13 nitrogen and oxygen atoms in total. The van der Waals surface area contributed by atoms with Crippen LogP contribution >= 0.6 is 0 Å². The predicted octanol–water partition coefficient (Wildman–Crippen LogP) is 1.73. The van der Waals surface area contributed by atoms with Crippen molar-refractivity contribution in [1.29, 1.82) is 0 Å². The van der Waals surface area contributed by atoms with Crippen molar-refractivity contribution in [3.63, 3.8) is 0 Å². The van der Waals surface area contributed by atoms with Crippen molar-refractivity contribution >= 4 is 23.0 Å². The number of hydrogen-bond acceptors (Lipinski definition) is 13. The van der Waals surface area contributed by atoms with E-state index in [1.54, 1.807) is 12.1 Å². The molecule has 0 spiro atoms. The minimum Gasteiger partial charge on any atom is -0.508 e. The molecule has 1 aliphatic heterocycles. The number of hydrogen-bond donors (Lipinski definition) is 7. The number of aromatic hydroxyl groups is 4. The number of aliphatic hydroxyl groups excluding tert-OH is 3. The molecule has 0 amide bonds. The second-order valence-corrected chi connectivity index (χ2v) is 9.66. The second kappa shape index (κ2) is 12.0. The molecule has 0 unspecified atom stereocenters. The van der Waals surface area contributed by atoms with Gasteiger partial charge in [-0.3, -0.25) is 4.79 Å². The van der Waals surface area contributed by atoms with Gasteiger partial charge >= 0.3 is 5.97 Å². The van der Waals surface area contributed by atoms with Crippen molar-refractivity contribution < 1.29 is 59.2 Å². The predicted molar refractivity (Wildman–Crippen MR) is 148 cm³/mol. The molecule has 5 atom stereocenters. The van der Waals surface area contributed by atoms with Gasteiger partial charge in [-0.1, -0.05) is 12.1 Å². The Kier molecular flexibility index (Phi) is 8.23. The van der Waals surface area contributed by atoms with Crippen molar-refractivity contribution in [2.45, 2.75) is 30.7 Å². The molecule has 1 aromatic heterocycles. The van der Waals surface area contributed by atoms with Crippen molar-refractivity contribution in [3.05, 3.63) is 82.5 Å². The lowest BCUT2D eigenvalue weighted by atomic mass is 9.99. The van der Waals surface area contributed by atoms with E-state index in [0.717, 1.165) is 18.2 Å². The van der Waals surface area contributed by atoms with Crippen LogP contribution in [0.2, 0.25) is 0 Å². The Hall–Kier alpha value is -5.08. The fourth-order valence-electron chi connectivity index (χ4n) is 4.41. The first-order valence-corrected chi connectivity index (χ1v) is 12.8. The van der Waals surface area contributed by atoms with Gasteiger partial charge in [-0.25, -0.2) is 4.79 Å². The normalized spacial score (nSPS) is 22.1. The number of rotatable bonds is 7. The molecule has 1 saturated heterocycles. The first-order chi connectivity index (χ1) is 20.5. The van der Waals surface area contributed by atoms with E-state index in [4.69, 9.17) is 18.6 Å². The molecule has 1 aliphatic rings. The summed E-state index contributed by atoms with van der Waals surface area (Å²) < 4.78 is 22.2. The highest BCUT2D eigenvalue weighted by atomic mass is 16.7. The molecular weight excluding hydrogens is 568 g/mol. The van der Waals surface area contributed by atoms with Crippen LogP contribution in [0.1, 0.15) is 5.56 Å². The van der Waals surface area contributed by atoms with Crippen LogP contribution in [-0.2, 0) is 14.3 Å². The lowest BCUT2D eigenvalue weighted by Gasteiger charge is -2.39. The Morgan fingerprint density at radius 2 is 1.49 bits per heavy atom. The Balaban J connectivity index is 1.42. The van der Waals surface area contributed by atoms with Crippen LogP contribution in [0, 0.1) is 0 Å². The van der Waals surface area contributed by atoms with Crippen LogP contribution in [0.4, 0.5) is 0 Å². The molecule has 5 rings (SSSR count). The van der Waals surface area contributed by atoms with Crippen LogP contribution in [0.25, 0.3) is 28.4 Å².